The minimum absolute atomic E-state index is 0. The lowest BCUT2D eigenvalue weighted by Crippen LogP contribution is -2.16. The van der Waals surface area contributed by atoms with Crippen molar-refractivity contribution >= 4 is 24.8 Å². The average Bonchev–Trinajstić information content (AvgIpc) is 2.85. The van der Waals surface area contributed by atoms with Crippen LogP contribution >= 0.6 is 24.8 Å². The minimum atomic E-state index is -0.639. The summed E-state index contributed by atoms with van der Waals surface area (Å²) in [5.74, 6) is -1.04. The summed E-state index contributed by atoms with van der Waals surface area (Å²) in [6.45, 7) is 0. The molecular formula is C9H12Cl2F2N2. The van der Waals surface area contributed by atoms with E-state index in [9.17, 15) is 8.78 Å². The molecule has 2 rings (SSSR count). The molecule has 1 atom stereocenters. The van der Waals surface area contributed by atoms with E-state index in [4.69, 9.17) is 5.73 Å². The number of aromatic nitrogens is 1. The van der Waals surface area contributed by atoms with Crippen molar-refractivity contribution in [3.63, 3.8) is 0 Å². The summed E-state index contributed by atoms with van der Waals surface area (Å²) >= 11 is 0. The van der Waals surface area contributed by atoms with Gasteiger partial charge in [-0.2, -0.15) is 0 Å². The molecule has 0 aliphatic heterocycles. The SMILES string of the molecule is Cl.Cl.N[C@@H](c1c(F)cncc1F)C1CC1. The molecule has 15 heavy (non-hydrogen) atoms. The molecule has 1 aliphatic carbocycles. The minimum Gasteiger partial charge on any atom is -0.324 e. The molecule has 1 saturated carbocycles. The Morgan fingerprint density at radius 1 is 1.20 bits per heavy atom. The van der Waals surface area contributed by atoms with Gasteiger partial charge in [-0.05, 0) is 18.8 Å². The van der Waals surface area contributed by atoms with E-state index in [0.717, 1.165) is 25.2 Å². The molecule has 1 heterocycles. The van der Waals surface area contributed by atoms with Gasteiger partial charge in [0, 0.05) is 11.6 Å². The normalized spacial score (nSPS) is 16.2. The molecule has 6 heteroatoms. The van der Waals surface area contributed by atoms with Crippen molar-refractivity contribution in [3.8, 4) is 0 Å². The third-order valence-corrected chi connectivity index (χ3v) is 2.35. The predicted molar refractivity (Wildman–Crippen MR) is 58.3 cm³/mol. The molecular weight excluding hydrogens is 245 g/mol. The first kappa shape index (κ1) is 14.6. The van der Waals surface area contributed by atoms with E-state index >= 15 is 0 Å². The highest BCUT2D eigenvalue weighted by Gasteiger charge is 2.32. The molecule has 0 saturated heterocycles. The molecule has 0 unspecified atom stereocenters. The zero-order valence-corrected chi connectivity index (χ0v) is 9.45. The molecule has 0 bridgehead atoms. The average molecular weight is 257 g/mol. The van der Waals surface area contributed by atoms with Crippen molar-refractivity contribution in [1.29, 1.82) is 0 Å². The van der Waals surface area contributed by atoms with E-state index in [1.165, 1.54) is 0 Å². The van der Waals surface area contributed by atoms with Crippen LogP contribution in [0.2, 0.25) is 0 Å². The van der Waals surface area contributed by atoms with Gasteiger partial charge >= 0.3 is 0 Å². The van der Waals surface area contributed by atoms with E-state index < -0.39 is 17.7 Å². The summed E-state index contributed by atoms with van der Waals surface area (Å²) in [4.78, 5) is 3.40. The fraction of sp³-hybridized carbons (Fsp3) is 0.444. The van der Waals surface area contributed by atoms with Crippen molar-refractivity contribution < 1.29 is 8.78 Å². The van der Waals surface area contributed by atoms with Crippen LogP contribution in [0.15, 0.2) is 12.4 Å². The van der Waals surface area contributed by atoms with Gasteiger partial charge in [-0.1, -0.05) is 0 Å². The zero-order valence-electron chi connectivity index (χ0n) is 7.82. The Morgan fingerprint density at radius 3 is 2.07 bits per heavy atom. The number of hydrogen-bond donors (Lipinski definition) is 1. The van der Waals surface area contributed by atoms with Crippen LogP contribution in [0.5, 0.6) is 0 Å². The van der Waals surface area contributed by atoms with E-state index in [1.54, 1.807) is 0 Å². The van der Waals surface area contributed by atoms with Crippen molar-refractivity contribution in [2.45, 2.75) is 18.9 Å². The molecule has 0 radical (unpaired) electrons. The lowest BCUT2D eigenvalue weighted by Gasteiger charge is -2.11. The number of rotatable bonds is 2. The third-order valence-electron chi connectivity index (χ3n) is 2.35. The zero-order chi connectivity index (χ0) is 9.42. The van der Waals surface area contributed by atoms with Crippen LogP contribution in [-0.2, 0) is 0 Å². The molecule has 86 valence electrons. The van der Waals surface area contributed by atoms with E-state index in [2.05, 4.69) is 4.98 Å². The second kappa shape index (κ2) is 5.58. The lowest BCUT2D eigenvalue weighted by molar-refractivity contribution is 0.497. The van der Waals surface area contributed by atoms with Gasteiger partial charge in [0.1, 0.15) is 11.6 Å². The van der Waals surface area contributed by atoms with E-state index in [1.807, 2.05) is 0 Å². The second-order valence-electron chi connectivity index (χ2n) is 3.38. The maximum absolute atomic E-state index is 13.1. The Morgan fingerprint density at radius 2 is 1.67 bits per heavy atom. The highest BCUT2D eigenvalue weighted by Crippen LogP contribution is 2.40. The molecule has 2 nitrogen and oxygen atoms in total. The Bertz CT molecular complexity index is 312. The molecule has 0 aromatic carbocycles. The summed E-state index contributed by atoms with van der Waals surface area (Å²) in [6, 6.07) is -0.511. The first-order valence-corrected chi connectivity index (χ1v) is 4.24. The van der Waals surface area contributed by atoms with Crippen LogP contribution in [0.1, 0.15) is 24.4 Å². The van der Waals surface area contributed by atoms with Crippen LogP contribution in [0.3, 0.4) is 0 Å². The van der Waals surface area contributed by atoms with Gasteiger partial charge in [0.15, 0.2) is 0 Å². The third kappa shape index (κ3) is 3.00. The lowest BCUT2D eigenvalue weighted by atomic mass is 10.0. The molecule has 1 aliphatic rings. The van der Waals surface area contributed by atoms with Crippen LogP contribution in [0, 0.1) is 17.6 Å². The Hall–Kier alpha value is -0.450. The second-order valence-corrected chi connectivity index (χ2v) is 3.38. The van der Waals surface area contributed by atoms with Crippen LogP contribution in [0.25, 0.3) is 0 Å². The molecule has 2 N–H and O–H groups in total. The maximum atomic E-state index is 13.1. The number of halogens is 4. The van der Waals surface area contributed by atoms with Crippen molar-refractivity contribution in [2.24, 2.45) is 11.7 Å². The summed E-state index contributed by atoms with van der Waals surface area (Å²) in [6.07, 6.45) is 3.92. The summed E-state index contributed by atoms with van der Waals surface area (Å²) < 4.78 is 26.2. The van der Waals surface area contributed by atoms with Gasteiger partial charge in [0.05, 0.1) is 12.4 Å². The van der Waals surface area contributed by atoms with Crippen molar-refractivity contribution in [2.75, 3.05) is 0 Å². The Balaban J connectivity index is 0.000000980. The van der Waals surface area contributed by atoms with Gasteiger partial charge < -0.3 is 5.73 Å². The fourth-order valence-corrected chi connectivity index (χ4v) is 1.43. The number of pyridine rings is 1. The summed E-state index contributed by atoms with van der Waals surface area (Å²) in [5.41, 5.74) is 5.68. The predicted octanol–water partition coefficient (Wildman–Crippen LogP) is 2.61. The van der Waals surface area contributed by atoms with Crippen molar-refractivity contribution in [1.82, 2.24) is 4.98 Å². The van der Waals surface area contributed by atoms with Gasteiger partial charge in [0.2, 0.25) is 0 Å². The highest BCUT2D eigenvalue weighted by molar-refractivity contribution is 5.85. The summed E-state index contributed by atoms with van der Waals surface area (Å²) in [7, 11) is 0. The standard InChI is InChI=1S/C9H10F2N2.2ClH/c10-6-3-13-4-7(11)8(6)9(12)5-1-2-5;;/h3-5,9H,1-2,12H2;2*1H/t9-;;/m1../s1. The number of nitrogens with zero attached hydrogens (tertiary/aromatic N) is 1. The largest absolute Gasteiger partial charge is 0.324 e. The summed E-state index contributed by atoms with van der Waals surface area (Å²) in [5, 5.41) is 0. The topological polar surface area (TPSA) is 38.9 Å². The molecule has 0 spiro atoms. The molecule has 0 amide bonds. The first-order valence-electron chi connectivity index (χ1n) is 4.24. The van der Waals surface area contributed by atoms with Gasteiger partial charge in [0.25, 0.3) is 0 Å². The van der Waals surface area contributed by atoms with E-state index in [0.29, 0.717) is 0 Å². The number of nitrogens with two attached hydrogens (primary N) is 1. The van der Waals surface area contributed by atoms with Gasteiger partial charge in [-0.15, -0.1) is 24.8 Å². The van der Waals surface area contributed by atoms with Crippen LogP contribution in [-0.4, -0.2) is 4.98 Å². The molecule has 1 aromatic rings. The Labute approximate surface area is 99.1 Å². The number of hydrogen-bond acceptors (Lipinski definition) is 2. The molecule has 1 aromatic heterocycles. The smallest absolute Gasteiger partial charge is 0.149 e. The quantitative estimate of drug-likeness (QED) is 0.884. The van der Waals surface area contributed by atoms with Gasteiger partial charge in [-0.25, -0.2) is 8.78 Å². The highest BCUT2D eigenvalue weighted by atomic mass is 35.5. The maximum Gasteiger partial charge on any atom is 0.149 e. The van der Waals surface area contributed by atoms with Crippen molar-refractivity contribution in [3.05, 3.63) is 29.6 Å². The molecule has 1 fully saturated rings. The van der Waals surface area contributed by atoms with Crippen LogP contribution < -0.4 is 5.73 Å². The van der Waals surface area contributed by atoms with E-state index in [-0.39, 0.29) is 36.3 Å². The fourth-order valence-electron chi connectivity index (χ4n) is 1.43. The van der Waals surface area contributed by atoms with Crippen LogP contribution in [0.4, 0.5) is 8.78 Å². The first-order chi connectivity index (χ1) is 6.20. The van der Waals surface area contributed by atoms with Gasteiger partial charge in [-0.3, -0.25) is 4.98 Å². The monoisotopic (exact) mass is 256 g/mol. The Kier molecular flexibility index (Phi) is 5.42.